The Bertz CT molecular complexity index is 258. The Labute approximate surface area is 72.5 Å². The lowest BCUT2D eigenvalue weighted by Gasteiger charge is -2.00. The van der Waals surface area contributed by atoms with E-state index in [1.54, 1.807) is 0 Å². The predicted octanol–water partition coefficient (Wildman–Crippen LogP) is 2.47. The molecule has 0 atom stereocenters. The fourth-order valence-corrected chi connectivity index (χ4v) is 1.27. The standard InChI is InChI=1S/C6H5ClFNOS/c7-5-2-1-4(8)3-6(5)11-9-10/h1-3,9-10H. The van der Waals surface area contributed by atoms with Gasteiger partial charge < -0.3 is 5.21 Å². The molecule has 0 bridgehead atoms. The Morgan fingerprint density at radius 1 is 1.55 bits per heavy atom. The van der Waals surface area contributed by atoms with Crippen LogP contribution < -0.4 is 4.89 Å². The van der Waals surface area contributed by atoms with E-state index in [1.165, 1.54) is 18.2 Å². The largest absolute Gasteiger partial charge is 0.306 e. The summed E-state index contributed by atoms with van der Waals surface area (Å²) in [5.41, 5.74) is 0. The van der Waals surface area contributed by atoms with Crippen LogP contribution in [0.3, 0.4) is 0 Å². The van der Waals surface area contributed by atoms with E-state index >= 15 is 0 Å². The average molecular weight is 194 g/mol. The van der Waals surface area contributed by atoms with Crippen LogP contribution in [0.4, 0.5) is 4.39 Å². The normalized spacial score (nSPS) is 10.1. The van der Waals surface area contributed by atoms with E-state index in [2.05, 4.69) is 0 Å². The van der Waals surface area contributed by atoms with Crippen molar-refractivity contribution in [2.24, 2.45) is 0 Å². The highest BCUT2D eigenvalue weighted by Crippen LogP contribution is 2.24. The number of hydrogen-bond donors (Lipinski definition) is 2. The maximum absolute atomic E-state index is 12.5. The predicted molar refractivity (Wildman–Crippen MR) is 42.2 cm³/mol. The molecular formula is C6H5ClFNOS. The Kier molecular flexibility index (Phi) is 3.14. The zero-order chi connectivity index (χ0) is 8.27. The first-order chi connectivity index (χ1) is 5.24. The zero-order valence-corrected chi connectivity index (χ0v) is 6.92. The van der Waals surface area contributed by atoms with Gasteiger partial charge in [0.15, 0.2) is 0 Å². The molecule has 60 valence electrons. The minimum Gasteiger partial charge on any atom is -0.306 e. The van der Waals surface area contributed by atoms with Gasteiger partial charge in [0.05, 0.1) is 5.02 Å². The van der Waals surface area contributed by atoms with Crippen molar-refractivity contribution in [3.63, 3.8) is 0 Å². The number of nitrogens with one attached hydrogen (secondary N) is 1. The molecule has 0 spiro atoms. The Balaban J connectivity index is 2.93. The molecule has 1 aromatic rings. The van der Waals surface area contributed by atoms with E-state index in [9.17, 15) is 4.39 Å². The molecule has 0 heterocycles. The summed E-state index contributed by atoms with van der Waals surface area (Å²) in [4.78, 5) is 2.27. The van der Waals surface area contributed by atoms with Gasteiger partial charge in [-0.3, -0.25) is 0 Å². The van der Waals surface area contributed by atoms with Crippen molar-refractivity contribution in [2.45, 2.75) is 4.90 Å². The van der Waals surface area contributed by atoms with Gasteiger partial charge in [0.1, 0.15) is 5.82 Å². The van der Waals surface area contributed by atoms with E-state index in [4.69, 9.17) is 16.8 Å². The summed E-state index contributed by atoms with van der Waals surface area (Å²) in [6, 6.07) is 3.91. The van der Waals surface area contributed by atoms with Crippen molar-refractivity contribution < 1.29 is 9.60 Å². The van der Waals surface area contributed by atoms with Crippen LogP contribution in [0.15, 0.2) is 23.1 Å². The highest BCUT2D eigenvalue weighted by atomic mass is 35.5. The summed E-state index contributed by atoms with van der Waals surface area (Å²) in [5, 5.41) is 8.67. The topological polar surface area (TPSA) is 32.3 Å². The number of halogens is 2. The summed E-state index contributed by atoms with van der Waals surface area (Å²) in [6.45, 7) is 0. The SMILES string of the molecule is ONSc1cc(F)ccc1Cl. The highest BCUT2D eigenvalue weighted by Gasteiger charge is 2.01. The summed E-state index contributed by atoms with van der Waals surface area (Å²) in [6.07, 6.45) is 0. The lowest BCUT2D eigenvalue weighted by Crippen LogP contribution is -1.92. The Hall–Kier alpha value is -0.290. The lowest BCUT2D eigenvalue weighted by atomic mass is 10.3. The molecule has 0 saturated heterocycles. The van der Waals surface area contributed by atoms with Crippen molar-refractivity contribution in [1.82, 2.24) is 4.89 Å². The van der Waals surface area contributed by atoms with Gasteiger partial charge in [-0.15, -0.1) is 4.89 Å². The molecule has 1 aromatic carbocycles. The maximum atomic E-state index is 12.5. The summed E-state index contributed by atoms with van der Waals surface area (Å²) < 4.78 is 12.5. The first-order valence-electron chi connectivity index (χ1n) is 2.75. The van der Waals surface area contributed by atoms with Gasteiger partial charge in [0.25, 0.3) is 0 Å². The van der Waals surface area contributed by atoms with Crippen LogP contribution in [-0.2, 0) is 0 Å². The van der Waals surface area contributed by atoms with Crippen LogP contribution in [0.2, 0.25) is 5.02 Å². The molecule has 0 unspecified atom stereocenters. The first-order valence-corrected chi connectivity index (χ1v) is 3.94. The van der Waals surface area contributed by atoms with Crippen molar-refractivity contribution in [1.29, 1.82) is 0 Å². The molecule has 0 fully saturated rings. The van der Waals surface area contributed by atoms with Crippen LogP contribution in [0, 0.1) is 5.82 Å². The minimum absolute atomic E-state index is 0.382. The van der Waals surface area contributed by atoms with E-state index in [-0.39, 0.29) is 5.82 Å². The highest BCUT2D eigenvalue weighted by molar-refractivity contribution is 7.97. The lowest BCUT2D eigenvalue weighted by molar-refractivity contribution is 0.258. The molecule has 1 rings (SSSR count). The fraction of sp³-hybridized carbons (Fsp3) is 0. The van der Waals surface area contributed by atoms with Crippen molar-refractivity contribution in [3.05, 3.63) is 29.0 Å². The van der Waals surface area contributed by atoms with Crippen molar-refractivity contribution >= 4 is 23.5 Å². The second kappa shape index (κ2) is 3.92. The molecule has 0 aliphatic heterocycles. The Morgan fingerprint density at radius 2 is 2.27 bits per heavy atom. The quantitative estimate of drug-likeness (QED) is 0.559. The fourth-order valence-electron chi connectivity index (χ4n) is 0.605. The molecule has 0 aliphatic carbocycles. The summed E-state index contributed by atoms with van der Waals surface area (Å²) in [5.74, 6) is -0.382. The van der Waals surface area contributed by atoms with Gasteiger partial charge in [-0.25, -0.2) is 4.39 Å². The van der Waals surface area contributed by atoms with Gasteiger partial charge >= 0.3 is 0 Å². The van der Waals surface area contributed by atoms with E-state index < -0.39 is 0 Å². The third kappa shape index (κ3) is 2.34. The van der Waals surface area contributed by atoms with Gasteiger partial charge in [0, 0.05) is 4.90 Å². The smallest absolute Gasteiger partial charge is 0.124 e. The van der Waals surface area contributed by atoms with E-state index in [0.717, 1.165) is 11.9 Å². The average Bonchev–Trinajstić information content (AvgIpc) is 1.98. The maximum Gasteiger partial charge on any atom is 0.124 e. The molecule has 11 heavy (non-hydrogen) atoms. The van der Waals surface area contributed by atoms with E-state index in [1.807, 2.05) is 4.89 Å². The van der Waals surface area contributed by atoms with Gasteiger partial charge in [-0.05, 0) is 30.1 Å². The van der Waals surface area contributed by atoms with Crippen molar-refractivity contribution in [2.75, 3.05) is 0 Å². The van der Waals surface area contributed by atoms with Gasteiger partial charge in [0.2, 0.25) is 0 Å². The zero-order valence-electron chi connectivity index (χ0n) is 5.34. The molecule has 0 radical (unpaired) electrons. The number of hydrogen-bond acceptors (Lipinski definition) is 3. The summed E-state index contributed by atoms with van der Waals surface area (Å²) in [7, 11) is 0. The van der Waals surface area contributed by atoms with E-state index in [0.29, 0.717) is 9.92 Å². The summed E-state index contributed by atoms with van der Waals surface area (Å²) >= 11 is 6.49. The molecule has 2 nitrogen and oxygen atoms in total. The third-order valence-corrected chi connectivity index (χ3v) is 2.14. The molecule has 0 amide bonds. The first kappa shape index (κ1) is 8.80. The molecule has 0 saturated carbocycles. The second-order valence-electron chi connectivity index (χ2n) is 1.77. The molecular weight excluding hydrogens is 189 g/mol. The third-order valence-electron chi connectivity index (χ3n) is 1.05. The van der Waals surface area contributed by atoms with Crippen LogP contribution in [0.25, 0.3) is 0 Å². The van der Waals surface area contributed by atoms with Crippen LogP contribution in [0.1, 0.15) is 0 Å². The molecule has 0 aliphatic rings. The Morgan fingerprint density at radius 3 is 2.91 bits per heavy atom. The van der Waals surface area contributed by atoms with Crippen LogP contribution in [0.5, 0.6) is 0 Å². The molecule has 0 aromatic heterocycles. The minimum atomic E-state index is -0.382. The second-order valence-corrected chi connectivity index (χ2v) is 3.00. The van der Waals surface area contributed by atoms with Crippen LogP contribution >= 0.6 is 23.5 Å². The monoisotopic (exact) mass is 193 g/mol. The molecule has 2 N–H and O–H groups in total. The van der Waals surface area contributed by atoms with Gasteiger partial charge in [-0.2, -0.15) is 0 Å². The van der Waals surface area contributed by atoms with Crippen molar-refractivity contribution in [3.8, 4) is 0 Å². The molecule has 5 heteroatoms. The number of rotatable bonds is 2. The number of benzene rings is 1. The van der Waals surface area contributed by atoms with Gasteiger partial charge in [-0.1, -0.05) is 11.6 Å². The van der Waals surface area contributed by atoms with Crippen LogP contribution in [-0.4, -0.2) is 5.21 Å².